The average Bonchev–Trinajstić information content (AvgIpc) is 2.46. The van der Waals surface area contributed by atoms with Crippen LogP contribution >= 0.6 is 27.7 Å². The zero-order chi connectivity index (χ0) is 15.1. The van der Waals surface area contributed by atoms with Crippen molar-refractivity contribution < 1.29 is 4.74 Å². The Labute approximate surface area is 139 Å². The quantitative estimate of drug-likeness (QED) is 0.721. The molecule has 21 heavy (non-hydrogen) atoms. The van der Waals surface area contributed by atoms with E-state index < -0.39 is 0 Å². The van der Waals surface area contributed by atoms with Gasteiger partial charge in [0.25, 0.3) is 0 Å². The Morgan fingerprint density at radius 1 is 1.19 bits per heavy atom. The van der Waals surface area contributed by atoms with Gasteiger partial charge in [-0.1, -0.05) is 51.5 Å². The van der Waals surface area contributed by atoms with Crippen molar-refractivity contribution >= 4 is 27.7 Å². The molecule has 0 bridgehead atoms. The third-order valence-electron chi connectivity index (χ3n) is 3.04. The zero-order valence-corrected chi connectivity index (χ0v) is 14.8. The van der Waals surface area contributed by atoms with Gasteiger partial charge in [0.1, 0.15) is 0 Å². The fourth-order valence-electron chi connectivity index (χ4n) is 2.00. The molecule has 0 atom stereocenters. The minimum Gasteiger partial charge on any atom is -0.383 e. The van der Waals surface area contributed by atoms with E-state index in [9.17, 15) is 0 Å². The molecule has 0 saturated heterocycles. The molecular weight excluding hydrogens is 346 g/mol. The van der Waals surface area contributed by atoms with Crippen molar-refractivity contribution in [3.05, 3.63) is 58.1 Å². The van der Waals surface area contributed by atoms with Crippen LogP contribution in [0.15, 0.2) is 56.7 Å². The summed E-state index contributed by atoms with van der Waals surface area (Å²) in [6.45, 7) is 4.60. The third kappa shape index (κ3) is 5.47. The number of aryl methyl sites for hydroxylation is 1. The number of ether oxygens (including phenoxy) is 1. The summed E-state index contributed by atoms with van der Waals surface area (Å²) in [6, 6.07) is 15.0. The summed E-state index contributed by atoms with van der Waals surface area (Å²) in [7, 11) is 1.73. The van der Waals surface area contributed by atoms with Gasteiger partial charge >= 0.3 is 0 Å². The van der Waals surface area contributed by atoms with Crippen LogP contribution < -0.4 is 5.32 Å². The second-order valence-corrected chi connectivity index (χ2v) is 6.87. The molecule has 112 valence electrons. The number of halogens is 1. The highest BCUT2D eigenvalue weighted by Gasteiger charge is 2.05. The fraction of sp³-hybridized carbons (Fsp3) is 0.294. The van der Waals surface area contributed by atoms with Gasteiger partial charge in [0.05, 0.1) is 6.61 Å². The smallest absolute Gasteiger partial charge is 0.0587 e. The number of rotatable bonds is 7. The Morgan fingerprint density at radius 3 is 2.81 bits per heavy atom. The Hall–Kier alpha value is -0.810. The molecule has 4 heteroatoms. The maximum atomic E-state index is 5.07. The minimum atomic E-state index is 0.736. The lowest BCUT2D eigenvalue weighted by molar-refractivity contribution is 0.199. The van der Waals surface area contributed by atoms with Crippen molar-refractivity contribution in [2.45, 2.75) is 23.3 Å². The number of hydrogen-bond acceptors (Lipinski definition) is 3. The summed E-state index contributed by atoms with van der Waals surface area (Å²) in [5.41, 5.74) is 2.62. The lowest BCUT2D eigenvalue weighted by atomic mass is 10.1. The van der Waals surface area contributed by atoms with Crippen LogP contribution in [-0.2, 0) is 11.3 Å². The van der Waals surface area contributed by atoms with Gasteiger partial charge in [-0.2, -0.15) is 0 Å². The molecule has 0 spiro atoms. The van der Waals surface area contributed by atoms with E-state index in [1.54, 1.807) is 18.9 Å². The van der Waals surface area contributed by atoms with Gasteiger partial charge in [0, 0.05) is 34.5 Å². The van der Waals surface area contributed by atoms with Crippen LogP contribution in [0, 0.1) is 6.92 Å². The molecule has 0 aliphatic carbocycles. The minimum absolute atomic E-state index is 0.736. The van der Waals surface area contributed by atoms with Crippen LogP contribution in [0.25, 0.3) is 0 Å². The van der Waals surface area contributed by atoms with Gasteiger partial charge in [-0.15, -0.1) is 0 Å². The fourth-order valence-corrected chi connectivity index (χ4v) is 3.54. The highest BCUT2D eigenvalue weighted by molar-refractivity contribution is 9.10. The average molecular weight is 366 g/mol. The molecule has 0 unspecified atom stereocenters. The summed E-state index contributed by atoms with van der Waals surface area (Å²) >= 11 is 5.32. The first-order valence-corrected chi connectivity index (χ1v) is 8.52. The predicted octanol–water partition coefficient (Wildman–Crippen LogP) is 4.64. The molecule has 2 rings (SSSR count). The normalized spacial score (nSPS) is 10.8. The van der Waals surface area contributed by atoms with Crippen LogP contribution in [-0.4, -0.2) is 20.3 Å². The molecule has 0 aromatic heterocycles. The second kappa shape index (κ2) is 8.59. The number of hydrogen-bond donors (Lipinski definition) is 1. The van der Waals surface area contributed by atoms with Crippen molar-refractivity contribution in [2.75, 3.05) is 20.3 Å². The SMILES string of the molecule is COCCNCc1cc(C)ccc1Sc1cccc(Br)c1. The number of nitrogens with one attached hydrogen (secondary N) is 1. The van der Waals surface area contributed by atoms with E-state index in [1.807, 2.05) is 6.07 Å². The van der Waals surface area contributed by atoms with Crippen molar-refractivity contribution in [3.8, 4) is 0 Å². The molecule has 0 amide bonds. The van der Waals surface area contributed by atoms with Gasteiger partial charge in [0.2, 0.25) is 0 Å². The molecule has 0 fully saturated rings. The van der Waals surface area contributed by atoms with Gasteiger partial charge in [-0.05, 0) is 36.8 Å². The highest BCUT2D eigenvalue weighted by Crippen LogP contribution is 2.32. The molecule has 0 radical (unpaired) electrons. The lowest BCUT2D eigenvalue weighted by Gasteiger charge is -2.11. The predicted molar refractivity (Wildman–Crippen MR) is 93.0 cm³/mol. The van der Waals surface area contributed by atoms with Crippen LogP contribution in [0.4, 0.5) is 0 Å². The van der Waals surface area contributed by atoms with Crippen LogP contribution in [0.5, 0.6) is 0 Å². The molecule has 1 N–H and O–H groups in total. The van der Waals surface area contributed by atoms with E-state index in [-0.39, 0.29) is 0 Å². The molecule has 2 aromatic rings. The Kier molecular flexibility index (Phi) is 6.77. The first-order chi connectivity index (χ1) is 10.2. The van der Waals surface area contributed by atoms with Gasteiger partial charge in [-0.25, -0.2) is 0 Å². The third-order valence-corrected chi connectivity index (χ3v) is 4.64. The highest BCUT2D eigenvalue weighted by atomic mass is 79.9. The van der Waals surface area contributed by atoms with Gasteiger partial charge in [-0.3, -0.25) is 0 Å². The van der Waals surface area contributed by atoms with Crippen LogP contribution in [0.1, 0.15) is 11.1 Å². The Balaban J connectivity index is 2.10. The largest absolute Gasteiger partial charge is 0.383 e. The summed E-state index contributed by atoms with van der Waals surface area (Å²) in [4.78, 5) is 2.54. The van der Waals surface area contributed by atoms with E-state index in [0.717, 1.165) is 24.2 Å². The molecule has 2 aromatic carbocycles. The first kappa shape index (κ1) is 16.6. The van der Waals surface area contributed by atoms with Crippen molar-refractivity contribution in [3.63, 3.8) is 0 Å². The Bertz CT molecular complexity index is 589. The monoisotopic (exact) mass is 365 g/mol. The molecule has 2 nitrogen and oxygen atoms in total. The summed E-state index contributed by atoms with van der Waals surface area (Å²) in [6.07, 6.45) is 0. The van der Waals surface area contributed by atoms with Crippen molar-refractivity contribution in [2.24, 2.45) is 0 Å². The van der Waals surface area contributed by atoms with Crippen molar-refractivity contribution in [1.29, 1.82) is 0 Å². The van der Waals surface area contributed by atoms with Crippen LogP contribution in [0.2, 0.25) is 0 Å². The van der Waals surface area contributed by atoms with E-state index in [1.165, 1.54) is 20.9 Å². The Morgan fingerprint density at radius 2 is 2.05 bits per heavy atom. The standard InChI is InChI=1S/C17H20BrNOS/c1-13-6-7-17(14(10-13)12-19-8-9-20-2)21-16-5-3-4-15(18)11-16/h3-7,10-11,19H,8-9,12H2,1-2H3. The van der Waals surface area contributed by atoms with Crippen LogP contribution in [0.3, 0.4) is 0 Å². The van der Waals surface area contributed by atoms with E-state index in [0.29, 0.717) is 0 Å². The lowest BCUT2D eigenvalue weighted by Crippen LogP contribution is -2.19. The zero-order valence-electron chi connectivity index (χ0n) is 12.4. The molecular formula is C17H20BrNOS. The van der Waals surface area contributed by atoms with E-state index >= 15 is 0 Å². The van der Waals surface area contributed by atoms with E-state index in [2.05, 4.69) is 64.6 Å². The maximum Gasteiger partial charge on any atom is 0.0587 e. The van der Waals surface area contributed by atoms with Gasteiger partial charge in [0.15, 0.2) is 0 Å². The first-order valence-electron chi connectivity index (χ1n) is 6.91. The molecule has 0 aliphatic heterocycles. The summed E-state index contributed by atoms with van der Waals surface area (Å²) in [5, 5.41) is 3.42. The summed E-state index contributed by atoms with van der Waals surface area (Å²) in [5.74, 6) is 0. The molecule has 0 aliphatic rings. The molecule has 0 heterocycles. The second-order valence-electron chi connectivity index (χ2n) is 4.84. The number of methoxy groups -OCH3 is 1. The number of benzene rings is 2. The maximum absolute atomic E-state index is 5.07. The van der Waals surface area contributed by atoms with Crippen molar-refractivity contribution in [1.82, 2.24) is 5.32 Å². The van der Waals surface area contributed by atoms with Gasteiger partial charge < -0.3 is 10.1 Å². The summed E-state index contributed by atoms with van der Waals surface area (Å²) < 4.78 is 6.18. The van der Waals surface area contributed by atoms with E-state index in [4.69, 9.17) is 4.74 Å². The molecule has 0 saturated carbocycles. The topological polar surface area (TPSA) is 21.3 Å².